The molecule has 0 spiro atoms. The quantitative estimate of drug-likeness (QED) is 0.804. The van der Waals surface area contributed by atoms with Crippen molar-refractivity contribution in [2.75, 3.05) is 11.5 Å². The molecule has 2 heterocycles. The molecule has 1 aromatic heterocycles. The highest BCUT2D eigenvalue weighted by Gasteiger charge is 2.42. The van der Waals surface area contributed by atoms with Gasteiger partial charge < -0.3 is 10.4 Å². The molecule has 0 saturated carbocycles. The monoisotopic (exact) mass is 393 g/mol. The third kappa shape index (κ3) is 4.33. The summed E-state index contributed by atoms with van der Waals surface area (Å²) < 4.78 is 38.8. The van der Waals surface area contributed by atoms with E-state index < -0.39 is 36.1 Å². The van der Waals surface area contributed by atoms with E-state index in [9.17, 15) is 27.9 Å². The molecule has 0 radical (unpaired) electrons. The molecule has 1 saturated heterocycles. The molecule has 2 rings (SSSR count). The number of amides is 1. The molecule has 0 bridgehead atoms. The van der Waals surface area contributed by atoms with Crippen LogP contribution in [0.2, 0.25) is 0 Å². The lowest BCUT2D eigenvalue weighted by molar-refractivity contribution is -0.148. The van der Waals surface area contributed by atoms with Crippen LogP contribution < -0.4 is 5.32 Å². The smallest absolute Gasteiger partial charge is 0.408 e. The van der Waals surface area contributed by atoms with Crippen LogP contribution in [0.15, 0.2) is 0 Å². The largest absolute Gasteiger partial charge is 0.480 e. The molecule has 26 heavy (non-hydrogen) atoms. The minimum Gasteiger partial charge on any atom is -0.480 e. The molecule has 2 N–H and O–H groups in total. The summed E-state index contributed by atoms with van der Waals surface area (Å²) in [5.74, 6) is -1.15. The van der Waals surface area contributed by atoms with Crippen molar-refractivity contribution in [3.8, 4) is 0 Å². The molecule has 6 nitrogen and oxygen atoms in total. The predicted octanol–water partition coefficient (Wildman–Crippen LogP) is 2.63. The third-order valence-electron chi connectivity index (χ3n) is 4.71. The zero-order valence-corrected chi connectivity index (χ0v) is 15.6. The first-order valence-electron chi connectivity index (χ1n) is 8.20. The summed E-state index contributed by atoms with van der Waals surface area (Å²) >= 11 is 1.63. The topological polar surface area (TPSA) is 84.2 Å². The van der Waals surface area contributed by atoms with Crippen molar-refractivity contribution in [1.82, 2.24) is 15.1 Å². The number of carboxylic acids is 1. The number of carboxylic acid groups (broad SMARTS) is 1. The van der Waals surface area contributed by atoms with Crippen LogP contribution in [0.5, 0.6) is 0 Å². The fraction of sp³-hybridized carbons (Fsp3) is 0.688. The van der Waals surface area contributed by atoms with E-state index in [4.69, 9.17) is 0 Å². The van der Waals surface area contributed by atoms with E-state index in [1.807, 2.05) is 0 Å². The van der Waals surface area contributed by atoms with Crippen LogP contribution in [0.4, 0.5) is 13.2 Å². The molecular formula is C16H22F3N3O3S. The summed E-state index contributed by atoms with van der Waals surface area (Å²) in [5.41, 5.74) is -0.332. The molecule has 0 aliphatic carbocycles. The second kappa shape index (κ2) is 7.50. The van der Waals surface area contributed by atoms with E-state index in [-0.39, 0.29) is 5.69 Å². The van der Waals surface area contributed by atoms with E-state index in [1.54, 1.807) is 25.6 Å². The standard InChI is InChI=1S/C16H22F3N3O3S/c1-9(12-10(2)21-22(11(12)3)8-16(17,18)19)13(23)20-15(14(24)25)4-6-26-7-5-15/h9H,4-8H2,1-3H3,(H,20,23)(H,24,25). The van der Waals surface area contributed by atoms with Gasteiger partial charge in [-0.2, -0.15) is 30.0 Å². The maximum atomic E-state index is 12.7. The van der Waals surface area contributed by atoms with Crippen LogP contribution in [-0.4, -0.2) is 50.0 Å². The highest BCUT2D eigenvalue weighted by molar-refractivity contribution is 7.99. The maximum absolute atomic E-state index is 12.7. The number of nitrogens with one attached hydrogen (secondary N) is 1. The lowest BCUT2D eigenvalue weighted by Crippen LogP contribution is -2.57. The molecule has 0 aromatic carbocycles. The number of hydrogen-bond acceptors (Lipinski definition) is 4. The molecule has 1 fully saturated rings. The fourth-order valence-corrected chi connectivity index (χ4v) is 4.44. The van der Waals surface area contributed by atoms with Crippen LogP contribution in [0.25, 0.3) is 0 Å². The maximum Gasteiger partial charge on any atom is 0.408 e. The van der Waals surface area contributed by atoms with Gasteiger partial charge in [-0.15, -0.1) is 0 Å². The Bertz CT molecular complexity index is 697. The van der Waals surface area contributed by atoms with Gasteiger partial charge in [0.1, 0.15) is 12.1 Å². The van der Waals surface area contributed by atoms with Gasteiger partial charge in [0.2, 0.25) is 5.91 Å². The third-order valence-corrected chi connectivity index (χ3v) is 5.70. The molecule has 1 aliphatic heterocycles. The second-order valence-electron chi connectivity index (χ2n) is 6.57. The highest BCUT2D eigenvalue weighted by atomic mass is 32.2. The van der Waals surface area contributed by atoms with Crippen LogP contribution in [0.3, 0.4) is 0 Å². The molecule has 10 heteroatoms. The SMILES string of the molecule is Cc1nn(CC(F)(F)F)c(C)c1C(C)C(=O)NC1(C(=O)O)CCSCC1. The molecule has 1 aromatic rings. The number of carbonyl (C=O) groups excluding carboxylic acids is 1. The zero-order chi connectivity index (χ0) is 19.7. The number of rotatable bonds is 5. The molecular weight excluding hydrogens is 371 g/mol. The van der Waals surface area contributed by atoms with Crippen molar-refractivity contribution >= 4 is 23.6 Å². The Morgan fingerprint density at radius 1 is 1.35 bits per heavy atom. The van der Waals surface area contributed by atoms with Gasteiger partial charge in [-0.25, -0.2) is 4.79 Å². The minimum absolute atomic E-state index is 0.256. The van der Waals surface area contributed by atoms with Crippen molar-refractivity contribution in [2.24, 2.45) is 0 Å². The van der Waals surface area contributed by atoms with Gasteiger partial charge in [-0.3, -0.25) is 9.48 Å². The Morgan fingerprint density at radius 3 is 2.42 bits per heavy atom. The molecule has 146 valence electrons. The zero-order valence-electron chi connectivity index (χ0n) is 14.8. The van der Waals surface area contributed by atoms with Crippen molar-refractivity contribution < 1.29 is 27.9 Å². The number of aryl methyl sites for hydroxylation is 1. The Hall–Kier alpha value is -1.71. The lowest BCUT2D eigenvalue weighted by atomic mass is 9.90. The van der Waals surface area contributed by atoms with E-state index in [0.29, 0.717) is 35.6 Å². The van der Waals surface area contributed by atoms with Crippen molar-refractivity contribution in [2.45, 2.75) is 57.8 Å². The van der Waals surface area contributed by atoms with Gasteiger partial charge >= 0.3 is 12.1 Å². The Morgan fingerprint density at radius 2 is 1.92 bits per heavy atom. The van der Waals surface area contributed by atoms with Gasteiger partial charge in [0.15, 0.2) is 0 Å². The van der Waals surface area contributed by atoms with E-state index in [0.717, 1.165) is 4.68 Å². The number of halogens is 3. The number of alkyl halides is 3. The Kier molecular flexibility index (Phi) is 5.94. The Balaban J connectivity index is 2.24. The molecule has 1 aliphatic rings. The van der Waals surface area contributed by atoms with Crippen LogP contribution >= 0.6 is 11.8 Å². The first kappa shape index (κ1) is 20.6. The van der Waals surface area contributed by atoms with E-state index in [1.165, 1.54) is 6.92 Å². The summed E-state index contributed by atoms with van der Waals surface area (Å²) in [6.45, 7) is 3.35. The van der Waals surface area contributed by atoms with Crippen molar-refractivity contribution in [1.29, 1.82) is 0 Å². The predicted molar refractivity (Wildman–Crippen MR) is 91.2 cm³/mol. The lowest BCUT2D eigenvalue weighted by Gasteiger charge is -2.34. The second-order valence-corrected chi connectivity index (χ2v) is 7.79. The fourth-order valence-electron chi connectivity index (χ4n) is 3.25. The van der Waals surface area contributed by atoms with Crippen molar-refractivity contribution in [3.05, 3.63) is 17.0 Å². The summed E-state index contributed by atoms with van der Waals surface area (Å²) in [6.07, 6.45) is -3.79. The summed E-state index contributed by atoms with van der Waals surface area (Å²) in [5, 5.41) is 16.1. The van der Waals surface area contributed by atoms with Gasteiger partial charge in [-0.1, -0.05) is 0 Å². The first-order valence-corrected chi connectivity index (χ1v) is 9.36. The molecule has 1 unspecified atom stereocenters. The van der Waals surface area contributed by atoms with Crippen molar-refractivity contribution in [3.63, 3.8) is 0 Å². The minimum atomic E-state index is -4.42. The number of aliphatic carboxylic acids is 1. The summed E-state index contributed by atoms with van der Waals surface area (Å²) in [6, 6.07) is 0. The number of carbonyl (C=O) groups is 2. The number of nitrogens with zero attached hydrogens (tertiary/aromatic N) is 2. The van der Waals surface area contributed by atoms with E-state index in [2.05, 4.69) is 10.4 Å². The van der Waals surface area contributed by atoms with Gasteiger partial charge in [-0.05, 0) is 45.1 Å². The van der Waals surface area contributed by atoms with Gasteiger partial charge in [0.05, 0.1) is 11.6 Å². The van der Waals surface area contributed by atoms with E-state index >= 15 is 0 Å². The highest BCUT2D eigenvalue weighted by Crippen LogP contribution is 2.30. The average molecular weight is 393 g/mol. The normalized spacial score (nSPS) is 18.4. The van der Waals surface area contributed by atoms with Gasteiger partial charge in [0.25, 0.3) is 0 Å². The average Bonchev–Trinajstić information content (AvgIpc) is 2.79. The van der Waals surface area contributed by atoms with Crippen LogP contribution in [-0.2, 0) is 16.1 Å². The number of thioether (sulfide) groups is 1. The summed E-state index contributed by atoms with van der Waals surface area (Å²) in [4.78, 5) is 24.4. The Labute approximate surface area is 153 Å². The number of hydrogen-bond donors (Lipinski definition) is 2. The van der Waals surface area contributed by atoms with Crippen LogP contribution in [0, 0.1) is 13.8 Å². The van der Waals surface area contributed by atoms with Gasteiger partial charge in [0, 0.05) is 11.3 Å². The summed E-state index contributed by atoms with van der Waals surface area (Å²) in [7, 11) is 0. The number of aromatic nitrogens is 2. The first-order chi connectivity index (χ1) is 12.0. The molecule has 1 amide bonds. The molecule has 1 atom stereocenters. The van der Waals surface area contributed by atoms with Crippen LogP contribution in [0.1, 0.15) is 42.6 Å².